The van der Waals surface area contributed by atoms with Crippen LogP contribution in [0.1, 0.15) is 85.5 Å². The zero-order valence-electron chi connectivity index (χ0n) is 17.2. The first kappa shape index (κ1) is 18.7. The molecule has 26 heavy (non-hydrogen) atoms. The number of rotatable bonds is 4. The third-order valence-electron chi connectivity index (χ3n) is 8.55. The molecule has 3 saturated carbocycles. The molecule has 3 heteroatoms. The number of fused-ring (bicyclic) bond motifs is 2. The maximum atomic E-state index is 12.7. The van der Waals surface area contributed by atoms with Crippen molar-refractivity contribution in [3.05, 3.63) is 11.6 Å². The Bertz CT molecular complexity index is 613. The van der Waals surface area contributed by atoms with Crippen LogP contribution in [0.15, 0.2) is 11.6 Å². The predicted molar refractivity (Wildman–Crippen MR) is 103 cm³/mol. The van der Waals surface area contributed by atoms with E-state index in [0.29, 0.717) is 30.3 Å². The molecule has 0 aromatic heterocycles. The lowest BCUT2D eigenvalue weighted by atomic mass is 9.45. The average Bonchev–Trinajstić information content (AvgIpc) is 3.14. The molecule has 0 amide bonds. The van der Waals surface area contributed by atoms with Gasteiger partial charge in [0.05, 0.1) is 13.2 Å². The van der Waals surface area contributed by atoms with Gasteiger partial charge in [0.1, 0.15) is 5.78 Å². The van der Waals surface area contributed by atoms with Gasteiger partial charge in [-0.1, -0.05) is 25.5 Å². The van der Waals surface area contributed by atoms with Crippen LogP contribution in [-0.4, -0.2) is 24.8 Å². The number of Topliss-reactive ketones (excluding diaryl/α,β-unsaturated/α-hetero) is 1. The van der Waals surface area contributed by atoms with E-state index >= 15 is 0 Å². The summed E-state index contributed by atoms with van der Waals surface area (Å²) in [6, 6.07) is 0. The molecule has 4 aliphatic rings. The SMILES string of the molecule is CC(C)=CCCC[C@@]1(C)CC(=O)C[C@H]2CC3(OCCO3)[C@@]3(C)CC[C@]21C3. The molecule has 0 aromatic carbocycles. The smallest absolute Gasteiger partial charge is 0.174 e. The minimum absolute atomic E-state index is 0.113. The van der Waals surface area contributed by atoms with E-state index in [1.165, 1.54) is 37.7 Å². The third kappa shape index (κ3) is 2.57. The first-order valence-electron chi connectivity index (χ1n) is 10.7. The standard InChI is InChI=1S/C23H36O3/c1-17(2)7-5-6-8-20(3)15-19(24)13-18-14-23(25-11-12-26-23)21(4)9-10-22(18,20)16-21/h7,18H,5-6,8-16H2,1-4H3/t18-,20-,21-,22-/m0/s1. The van der Waals surface area contributed by atoms with E-state index < -0.39 is 5.79 Å². The molecular weight excluding hydrogens is 324 g/mol. The van der Waals surface area contributed by atoms with E-state index in [9.17, 15) is 4.79 Å². The Hall–Kier alpha value is -0.670. The summed E-state index contributed by atoms with van der Waals surface area (Å²) in [7, 11) is 0. The molecule has 4 fully saturated rings. The number of ketones is 1. The van der Waals surface area contributed by atoms with Gasteiger partial charge >= 0.3 is 0 Å². The monoisotopic (exact) mass is 360 g/mol. The van der Waals surface area contributed by atoms with Crippen molar-refractivity contribution in [1.29, 1.82) is 0 Å². The fraction of sp³-hybridized carbons (Fsp3) is 0.870. The van der Waals surface area contributed by atoms with Gasteiger partial charge < -0.3 is 9.47 Å². The van der Waals surface area contributed by atoms with Crippen LogP contribution in [0.3, 0.4) is 0 Å². The molecule has 0 radical (unpaired) electrons. The lowest BCUT2D eigenvalue weighted by Crippen LogP contribution is -2.59. The van der Waals surface area contributed by atoms with Crippen molar-refractivity contribution in [3.8, 4) is 0 Å². The second-order valence-corrected chi connectivity index (χ2v) is 10.4. The summed E-state index contributed by atoms with van der Waals surface area (Å²) in [6.07, 6.45) is 11.9. The zero-order chi connectivity index (χ0) is 18.6. The van der Waals surface area contributed by atoms with Gasteiger partial charge in [-0.15, -0.1) is 0 Å². The highest BCUT2D eigenvalue weighted by atomic mass is 16.7. The molecule has 3 nitrogen and oxygen atoms in total. The molecule has 4 atom stereocenters. The summed E-state index contributed by atoms with van der Waals surface area (Å²) in [5.41, 5.74) is 1.96. The lowest BCUT2D eigenvalue weighted by Gasteiger charge is -2.61. The van der Waals surface area contributed by atoms with Crippen LogP contribution in [0, 0.1) is 22.2 Å². The summed E-state index contributed by atoms with van der Waals surface area (Å²) in [6.45, 7) is 10.6. The molecule has 1 saturated heterocycles. The number of hydrogen-bond donors (Lipinski definition) is 0. The summed E-state index contributed by atoms with van der Waals surface area (Å²) >= 11 is 0. The van der Waals surface area contributed by atoms with E-state index in [-0.39, 0.29) is 10.8 Å². The van der Waals surface area contributed by atoms with E-state index in [1.807, 2.05) is 0 Å². The first-order valence-corrected chi connectivity index (χ1v) is 10.7. The van der Waals surface area contributed by atoms with Crippen LogP contribution in [0.4, 0.5) is 0 Å². The Labute approximate surface area is 158 Å². The Morgan fingerprint density at radius 2 is 1.92 bits per heavy atom. The van der Waals surface area contributed by atoms with E-state index in [1.54, 1.807) is 0 Å². The number of ether oxygens (including phenoxy) is 2. The van der Waals surface area contributed by atoms with Crippen molar-refractivity contribution in [2.45, 2.75) is 91.3 Å². The van der Waals surface area contributed by atoms with Gasteiger partial charge in [0.15, 0.2) is 5.79 Å². The molecule has 3 aliphatic carbocycles. The van der Waals surface area contributed by atoms with Crippen LogP contribution in [0.2, 0.25) is 0 Å². The van der Waals surface area contributed by atoms with Gasteiger partial charge in [0.25, 0.3) is 0 Å². The molecule has 2 bridgehead atoms. The van der Waals surface area contributed by atoms with E-state index in [0.717, 1.165) is 25.7 Å². The summed E-state index contributed by atoms with van der Waals surface area (Å²) < 4.78 is 12.5. The highest BCUT2D eigenvalue weighted by Crippen LogP contribution is 2.74. The highest BCUT2D eigenvalue weighted by Gasteiger charge is 2.71. The fourth-order valence-electron chi connectivity index (χ4n) is 7.19. The van der Waals surface area contributed by atoms with Gasteiger partial charge in [-0.2, -0.15) is 0 Å². The van der Waals surface area contributed by atoms with E-state index in [2.05, 4.69) is 33.8 Å². The maximum absolute atomic E-state index is 12.7. The minimum Gasteiger partial charge on any atom is -0.347 e. The fourth-order valence-corrected chi connectivity index (χ4v) is 7.19. The average molecular weight is 361 g/mol. The Morgan fingerprint density at radius 1 is 1.19 bits per heavy atom. The van der Waals surface area contributed by atoms with E-state index in [4.69, 9.17) is 9.47 Å². The molecular formula is C23H36O3. The Morgan fingerprint density at radius 3 is 2.62 bits per heavy atom. The molecule has 146 valence electrons. The Balaban J connectivity index is 1.62. The first-order chi connectivity index (χ1) is 12.2. The van der Waals surface area contributed by atoms with Gasteiger partial charge in [-0.3, -0.25) is 4.79 Å². The van der Waals surface area contributed by atoms with Gasteiger partial charge in [-0.05, 0) is 69.1 Å². The predicted octanol–water partition coefficient (Wildman–Crippen LogP) is 5.43. The third-order valence-corrected chi connectivity index (χ3v) is 8.55. The molecule has 4 rings (SSSR count). The molecule has 0 aromatic rings. The zero-order valence-corrected chi connectivity index (χ0v) is 17.2. The molecule has 2 spiro atoms. The normalized spacial score (nSPS) is 43.5. The number of carbonyl (C=O) groups excluding carboxylic acids is 1. The Kier molecular flexibility index (Phi) is 4.43. The number of hydrogen-bond acceptors (Lipinski definition) is 3. The van der Waals surface area contributed by atoms with Crippen LogP contribution in [0.5, 0.6) is 0 Å². The van der Waals surface area contributed by atoms with Crippen molar-refractivity contribution < 1.29 is 14.3 Å². The van der Waals surface area contributed by atoms with Gasteiger partial charge in [0.2, 0.25) is 0 Å². The van der Waals surface area contributed by atoms with Gasteiger partial charge in [-0.25, -0.2) is 0 Å². The lowest BCUT2D eigenvalue weighted by molar-refractivity contribution is -0.275. The van der Waals surface area contributed by atoms with Crippen molar-refractivity contribution >= 4 is 5.78 Å². The topological polar surface area (TPSA) is 35.5 Å². The largest absolute Gasteiger partial charge is 0.347 e. The van der Waals surface area contributed by atoms with Crippen LogP contribution in [0.25, 0.3) is 0 Å². The summed E-state index contributed by atoms with van der Waals surface area (Å²) in [5, 5.41) is 0. The summed E-state index contributed by atoms with van der Waals surface area (Å²) in [5.74, 6) is 0.484. The molecule has 1 heterocycles. The molecule has 1 aliphatic heterocycles. The minimum atomic E-state index is -0.418. The number of unbranched alkanes of at least 4 members (excludes halogenated alkanes) is 1. The second kappa shape index (κ2) is 6.17. The molecule has 0 N–H and O–H groups in total. The number of carbonyl (C=O) groups is 1. The van der Waals surface area contributed by atoms with Crippen molar-refractivity contribution in [1.82, 2.24) is 0 Å². The summed E-state index contributed by atoms with van der Waals surface area (Å²) in [4.78, 5) is 12.7. The van der Waals surface area contributed by atoms with Crippen molar-refractivity contribution in [2.75, 3.05) is 13.2 Å². The second-order valence-electron chi connectivity index (χ2n) is 10.4. The van der Waals surface area contributed by atoms with Crippen molar-refractivity contribution in [3.63, 3.8) is 0 Å². The van der Waals surface area contributed by atoms with Crippen LogP contribution in [-0.2, 0) is 14.3 Å². The number of allylic oxidation sites excluding steroid dienone is 2. The quantitative estimate of drug-likeness (QED) is 0.495. The highest BCUT2D eigenvalue weighted by molar-refractivity contribution is 5.81. The van der Waals surface area contributed by atoms with Gasteiger partial charge in [0, 0.05) is 24.7 Å². The maximum Gasteiger partial charge on any atom is 0.174 e. The van der Waals surface area contributed by atoms with Crippen LogP contribution < -0.4 is 0 Å². The molecule has 0 unspecified atom stereocenters. The van der Waals surface area contributed by atoms with Crippen molar-refractivity contribution in [2.24, 2.45) is 22.2 Å². The van der Waals surface area contributed by atoms with Crippen LogP contribution >= 0.6 is 0 Å².